The van der Waals surface area contributed by atoms with Gasteiger partial charge in [0.2, 0.25) is 0 Å². The molecule has 3 rings (SSSR count). The van der Waals surface area contributed by atoms with Crippen LogP contribution in [0.1, 0.15) is 68.6 Å². The summed E-state index contributed by atoms with van der Waals surface area (Å²) in [6, 6.07) is 2.66. The Kier molecular flexibility index (Phi) is 5.52. The molecule has 1 aromatic heterocycles. The minimum Gasteiger partial charge on any atom is -0.367 e. The fourth-order valence-electron chi connectivity index (χ4n) is 3.92. The van der Waals surface area contributed by atoms with Gasteiger partial charge in [-0.05, 0) is 44.6 Å². The third-order valence-electron chi connectivity index (χ3n) is 5.29. The fraction of sp³-hybridized carbons (Fsp3) is 0.684. The molecule has 0 saturated carbocycles. The maximum Gasteiger partial charge on any atom is 0.255 e. The normalized spacial score (nSPS) is 22.7. The molecule has 4 heteroatoms. The SMILES string of the molecule is CCC1CCCCN1c1cncc(C(=O)N2CCCCCC2)c1. The standard InChI is InChI=1S/C19H29N3O/c1-2-17-9-5-8-12-22(17)18-13-16(14-20-15-18)19(23)21-10-6-3-4-7-11-21/h13-15,17H,2-12H2,1H3. The number of nitrogens with zero attached hydrogens (tertiary/aromatic N) is 3. The van der Waals surface area contributed by atoms with Crippen LogP contribution in [0.15, 0.2) is 18.5 Å². The zero-order chi connectivity index (χ0) is 16.1. The lowest BCUT2D eigenvalue weighted by Gasteiger charge is -2.37. The molecule has 1 atom stereocenters. The molecule has 2 aliphatic heterocycles. The Morgan fingerprint density at radius 1 is 1.09 bits per heavy atom. The zero-order valence-electron chi connectivity index (χ0n) is 14.3. The lowest BCUT2D eigenvalue weighted by molar-refractivity contribution is 0.0761. The topological polar surface area (TPSA) is 36.4 Å². The summed E-state index contributed by atoms with van der Waals surface area (Å²) in [7, 11) is 0. The highest BCUT2D eigenvalue weighted by atomic mass is 16.2. The van der Waals surface area contributed by atoms with Crippen molar-refractivity contribution in [1.29, 1.82) is 0 Å². The van der Waals surface area contributed by atoms with E-state index in [0.29, 0.717) is 6.04 Å². The van der Waals surface area contributed by atoms with Crippen LogP contribution in [0, 0.1) is 0 Å². The summed E-state index contributed by atoms with van der Waals surface area (Å²) in [4.78, 5) is 21.7. The summed E-state index contributed by atoms with van der Waals surface area (Å²) in [6.45, 7) is 5.12. The molecule has 2 aliphatic rings. The maximum absolute atomic E-state index is 12.8. The Morgan fingerprint density at radius 2 is 1.83 bits per heavy atom. The number of amides is 1. The number of anilines is 1. The fourth-order valence-corrected chi connectivity index (χ4v) is 3.92. The minimum absolute atomic E-state index is 0.159. The third-order valence-corrected chi connectivity index (χ3v) is 5.29. The van der Waals surface area contributed by atoms with E-state index in [1.54, 1.807) is 6.20 Å². The molecule has 0 radical (unpaired) electrons. The molecule has 23 heavy (non-hydrogen) atoms. The number of carbonyl (C=O) groups excluding carboxylic acids is 1. The molecular weight excluding hydrogens is 286 g/mol. The molecule has 126 valence electrons. The first-order valence-electron chi connectivity index (χ1n) is 9.30. The molecule has 0 spiro atoms. The second-order valence-electron chi connectivity index (χ2n) is 6.89. The molecule has 1 unspecified atom stereocenters. The third kappa shape index (κ3) is 3.85. The van der Waals surface area contributed by atoms with E-state index in [9.17, 15) is 4.79 Å². The molecular formula is C19H29N3O. The summed E-state index contributed by atoms with van der Waals surface area (Å²) < 4.78 is 0. The lowest BCUT2D eigenvalue weighted by atomic mass is 9.99. The first-order chi connectivity index (χ1) is 11.3. The van der Waals surface area contributed by atoms with Gasteiger partial charge in [-0.3, -0.25) is 9.78 Å². The van der Waals surface area contributed by atoms with E-state index in [4.69, 9.17) is 0 Å². The molecule has 3 heterocycles. The number of aromatic nitrogens is 1. The highest BCUT2D eigenvalue weighted by Gasteiger charge is 2.23. The van der Waals surface area contributed by atoms with Gasteiger partial charge >= 0.3 is 0 Å². The molecule has 0 bridgehead atoms. The number of rotatable bonds is 3. The molecule has 4 nitrogen and oxygen atoms in total. The Morgan fingerprint density at radius 3 is 2.57 bits per heavy atom. The zero-order valence-corrected chi connectivity index (χ0v) is 14.3. The van der Waals surface area contributed by atoms with Crippen molar-refractivity contribution in [2.24, 2.45) is 0 Å². The van der Waals surface area contributed by atoms with Crippen LogP contribution in [-0.4, -0.2) is 41.5 Å². The first-order valence-corrected chi connectivity index (χ1v) is 9.30. The molecule has 2 saturated heterocycles. The molecule has 2 fully saturated rings. The number of carbonyl (C=O) groups is 1. The van der Waals surface area contributed by atoms with Crippen molar-refractivity contribution in [3.8, 4) is 0 Å². The van der Waals surface area contributed by atoms with Crippen LogP contribution in [0.5, 0.6) is 0 Å². The predicted molar refractivity (Wildman–Crippen MR) is 93.9 cm³/mol. The molecule has 0 aliphatic carbocycles. The van der Waals surface area contributed by atoms with Crippen LogP contribution in [0.4, 0.5) is 5.69 Å². The Labute approximate surface area is 139 Å². The van der Waals surface area contributed by atoms with Gasteiger partial charge in [0.1, 0.15) is 0 Å². The van der Waals surface area contributed by atoms with Crippen molar-refractivity contribution in [3.63, 3.8) is 0 Å². The van der Waals surface area contributed by atoms with Crippen LogP contribution in [0.3, 0.4) is 0 Å². The van der Waals surface area contributed by atoms with Crippen LogP contribution in [-0.2, 0) is 0 Å². The molecule has 0 N–H and O–H groups in total. The number of hydrogen-bond donors (Lipinski definition) is 0. The van der Waals surface area contributed by atoms with Crippen molar-refractivity contribution in [2.45, 2.75) is 64.3 Å². The summed E-state index contributed by atoms with van der Waals surface area (Å²) in [5.74, 6) is 0.159. The van der Waals surface area contributed by atoms with Crippen LogP contribution in [0.2, 0.25) is 0 Å². The van der Waals surface area contributed by atoms with Gasteiger partial charge in [0.25, 0.3) is 5.91 Å². The van der Waals surface area contributed by atoms with Gasteiger partial charge in [-0.15, -0.1) is 0 Å². The van der Waals surface area contributed by atoms with Crippen molar-refractivity contribution in [3.05, 3.63) is 24.0 Å². The summed E-state index contributed by atoms with van der Waals surface area (Å²) >= 11 is 0. The van der Waals surface area contributed by atoms with E-state index in [2.05, 4.69) is 22.9 Å². The van der Waals surface area contributed by atoms with Crippen molar-refractivity contribution in [2.75, 3.05) is 24.5 Å². The van der Waals surface area contributed by atoms with E-state index < -0.39 is 0 Å². The number of piperidine rings is 1. The quantitative estimate of drug-likeness (QED) is 0.849. The van der Waals surface area contributed by atoms with Gasteiger partial charge in [-0.25, -0.2) is 0 Å². The van der Waals surface area contributed by atoms with E-state index in [1.807, 2.05) is 11.1 Å². The summed E-state index contributed by atoms with van der Waals surface area (Å²) in [5.41, 5.74) is 1.88. The van der Waals surface area contributed by atoms with Gasteiger partial charge in [-0.1, -0.05) is 19.8 Å². The highest BCUT2D eigenvalue weighted by molar-refractivity contribution is 5.94. The van der Waals surface area contributed by atoms with Crippen LogP contribution < -0.4 is 4.90 Å². The monoisotopic (exact) mass is 315 g/mol. The number of likely N-dealkylation sites (tertiary alicyclic amines) is 1. The second-order valence-corrected chi connectivity index (χ2v) is 6.89. The average molecular weight is 315 g/mol. The molecule has 1 amide bonds. The maximum atomic E-state index is 12.8. The average Bonchev–Trinajstić information content (AvgIpc) is 2.90. The smallest absolute Gasteiger partial charge is 0.255 e. The number of pyridine rings is 1. The van der Waals surface area contributed by atoms with E-state index in [1.165, 1.54) is 32.1 Å². The Bertz CT molecular complexity index is 523. The number of hydrogen-bond acceptors (Lipinski definition) is 3. The summed E-state index contributed by atoms with van der Waals surface area (Å²) in [5, 5.41) is 0. The Balaban J connectivity index is 1.77. The summed E-state index contributed by atoms with van der Waals surface area (Å²) in [6.07, 6.45) is 13.4. The van der Waals surface area contributed by atoms with Crippen molar-refractivity contribution in [1.82, 2.24) is 9.88 Å². The van der Waals surface area contributed by atoms with Gasteiger partial charge in [0.05, 0.1) is 17.4 Å². The van der Waals surface area contributed by atoms with Gasteiger partial charge < -0.3 is 9.80 Å². The van der Waals surface area contributed by atoms with Gasteiger partial charge in [0, 0.05) is 31.9 Å². The molecule has 1 aromatic rings. The minimum atomic E-state index is 0.159. The predicted octanol–water partition coefficient (Wildman–Crippen LogP) is 3.87. The van der Waals surface area contributed by atoms with Crippen LogP contribution in [0.25, 0.3) is 0 Å². The van der Waals surface area contributed by atoms with E-state index in [-0.39, 0.29) is 5.91 Å². The van der Waals surface area contributed by atoms with E-state index >= 15 is 0 Å². The first kappa shape index (κ1) is 16.3. The Hall–Kier alpha value is -1.58. The van der Waals surface area contributed by atoms with Crippen LogP contribution >= 0.6 is 0 Å². The van der Waals surface area contributed by atoms with E-state index in [0.717, 1.165) is 50.1 Å². The lowest BCUT2D eigenvalue weighted by Crippen LogP contribution is -2.39. The van der Waals surface area contributed by atoms with Crippen molar-refractivity contribution >= 4 is 11.6 Å². The largest absolute Gasteiger partial charge is 0.367 e. The van der Waals surface area contributed by atoms with Gasteiger partial charge in [-0.2, -0.15) is 0 Å². The second kappa shape index (κ2) is 7.80. The van der Waals surface area contributed by atoms with Gasteiger partial charge in [0.15, 0.2) is 0 Å². The molecule has 0 aromatic carbocycles. The van der Waals surface area contributed by atoms with Crippen molar-refractivity contribution < 1.29 is 4.79 Å². The highest BCUT2D eigenvalue weighted by Crippen LogP contribution is 2.27.